The number of halogens is 2. The van der Waals surface area contributed by atoms with Crippen LogP contribution in [0.2, 0.25) is 23.2 Å². The maximum atomic E-state index is 13.3. The molecule has 0 aromatic heterocycles. The van der Waals surface area contributed by atoms with Crippen LogP contribution in [-0.2, 0) is 10.8 Å². The number of benzene rings is 1. The van der Waals surface area contributed by atoms with Crippen molar-refractivity contribution < 1.29 is 8.82 Å². The van der Waals surface area contributed by atoms with Gasteiger partial charge < -0.3 is 4.43 Å². The van der Waals surface area contributed by atoms with Gasteiger partial charge >= 0.3 is 0 Å². The molecule has 0 aliphatic rings. The van der Waals surface area contributed by atoms with Crippen LogP contribution >= 0.6 is 11.6 Å². The maximum absolute atomic E-state index is 13.3. The molecule has 0 N–H and O–H groups in total. The van der Waals surface area contributed by atoms with Crippen molar-refractivity contribution in [2.75, 3.05) is 6.61 Å². The Morgan fingerprint density at radius 1 is 1.28 bits per heavy atom. The van der Waals surface area contributed by atoms with E-state index in [9.17, 15) is 4.39 Å². The van der Waals surface area contributed by atoms with Crippen LogP contribution in [0.3, 0.4) is 0 Å². The second-order valence-corrected chi connectivity index (χ2v) is 11.3. The van der Waals surface area contributed by atoms with E-state index in [0.29, 0.717) is 6.61 Å². The lowest BCUT2D eigenvalue weighted by Gasteiger charge is -2.36. The predicted molar refractivity (Wildman–Crippen MR) is 78.3 cm³/mol. The first kappa shape index (κ1) is 15.7. The molecule has 4 heteroatoms. The van der Waals surface area contributed by atoms with Crippen molar-refractivity contribution >= 4 is 19.9 Å². The molecule has 0 bridgehead atoms. The van der Waals surface area contributed by atoms with Crippen molar-refractivity contribution in [3.63, 3.8) is 0 Å². The van der Waals surface area contributed by atoms with Gasteiger partial charge in [0, 0.05) is 6.61 Å². The molecular weight excluding hydrogens is 267 g/mol. The van der Waals surface area contributed by atoms with E-state index >= 15 is 0 Å². The molecule has 102 valence electrons. The zero-order chi connectivity index (χ0) is 14.0. The first-order valence-electron chi connectivity index (χ1n) is 6.21. The van der Waals surface area contributed by atoms with E-state index in [1.165, 1.54) is 6.07 Å². The molecule has 0 radical (unpaired) electrons. The average Bonchev–Trinajstić information content (AvgIpc) is 2.21. The monoisotopic (exact) mass is 288 g/mol. The summed E-state index contributed by atoms with van der Waals surface area (Å²) in [5.41, 5.74) is 0.926. The quantitative estimate of drug-likeness (QED) is 0.705. The standard InChI is InChI=1S/C14H22ClFOSi/c1-14(2,3)18(4,5)17-9-8-11-6-7-12(15)13(16)10-11/h6-7,10H,8-9H2,1-5H3. The molecule has 0 atom stereocenters. The van der Waals surface area contributed by atoms with Crippen LogP contribution in [0, 0.1) is 5.82 Å². The van der Waals surface area contributed by atoms with Gasteiger partial charge in [-0.25, -0.2) is 4.39 Å². The molecule has 18 heavy (non-hydrogen) atoms. The van der Waals surface area contributed by atoms with Crippen LogP contribution in [0.15, 0.2) is 18.2 Å². The highest BCUT2D eigenvalue weighted by Gasteiger charge is 2.36. The predicted octanol–water partition coefficient (Wildman–Crippen LogP) is 5.04. The lowest BCUT2D eigenvalue weighted by Crippen LogP contribution is -2.41. The summed E-state index contributed by atoms with van der Waals surface area (Å²) in [6.07, 6.45) is 0.723. The summed E-state index contributed by atoms with van der Waals surface area (Å²) in [7, 11) is -1.70. The zero-order valence-corrected chi connectivity index (χ0v) is 13.6. The topological polar surface area (TPSA) is 9.23 Å². The van der Waals surface area contributed by atoms with Crippen LogP contribution in [-0.4, -0.2) is 14.9 Å². The Morgan fingerprint density at radius 2 is 1.89 bits per heavy atom. The molecule has 0 unspecified atom stereocenters. The van der Waals surface area contributed by atoms with Crippen molar-refractivity contribution in [1.29, 1.82) is 0 Å². The van der Waals surface area contributed by atoms with Gasteiger partial charge in [-0.15, -0.1) is 0 Å². The minimum Gasteiger partial charge on any atom is -0.416 e. The van der Waals surface area contributed by atoms with Gasteiger partial charge in [-0.2, -0.15) is 0 Å². The van der Waals surface area contributed by atoms with Gasteiger partial charge in [0.15, 0.2) is 8.32 Å². The van der Waals surface area contributed by atoms with Crippen LogP contribution in [0.4, 0.5) is 4.39 Å². The molecule has 1 nitrogen and oxygen atoms in total. The molecule has 0 spiro atoms. The Kier molecular flexibility index (Phi) is 4.98. The molecule has 0 fully saturated rings. The van der Waals surface area contributed by atoms with E-state index in [4.69, 9.17) is 16.0 Å². The lowest BCUT2D eigenvalue weighted by molar-refractivity contribution is 0.292. The van der Waals surface area contributed by atoms with E-state index in [0.717, 1.165) is 12.0 Å². The van der Waals surface area contributed by atoms with Gasteiger partial charge in [0.2, 0.25) is 0 Å². The van der Waals surface area contributed by atoms with E-state index in [-0.39, 0.29) is 15.9 Å². The fourth-order valence-electron chi connectivity index (χ4n) is 1.34. The van der Waals surface area contributed by atoms with Gasteiger partial charge in [-0.05, 0) is 42.2 Å². The Labute approximate surface area is 115 Å². The van der Waals surface area contributed by atoms with E-state index in [1.54, 1.807) is 6.07 Å². The van der Waals surface area contributed by atoms with Crippen LogP contribution < -0.4 is 0 Å². The number of rotatable bonds is 4. The fourth-order valence-corrected chi connectivity index (χ4v) is 2.50. The summed E-state index contributed by atoms with van der Waals surface area (Å²) in [4.78, 5) is 0. The minimum atomic E-state index is -1.70. The van der Waals surface area contributed by atoms with E-state index in [2.05, 4.69) is 33.9 Å². The molecule has 0 saturated heterocycles. The highest BCUT2D eigenvalue weighted by molar-refractivity contribution is 6.74. The highest BCUT2D eigenvalue weighted by atomic mass is 35.5. The van der Waals surface area contributed by atoms with E-state index < -0.39 is 8.32 Å². The first-order valence-corrected chi connectivity index (χ1v) is 9.50. The molecule has 0 amide bonds. The minimum absolute atomic E-state index is 0.170. The summed E-state index contributed by atoms with van der Waals surface area (Å²) in [5.74, 6) is -0.360. The van der Waals surface area contributed by atoms with Crippen LogP contribution in [0.1, 0.15) is 26.3 Å². The van der Waals surface area contributed by atoms with Gasteiger partial charge in [0.05, 0.1) is 5.02 Å². The lowest BCUT2D eigenvalue weighted by atomic mass is 10.1. The van der Waals surface area contributed by atoms with Crippen molar-refractivity contribution in [3.8, 4) is 0 Å². The Morgan fingerprint density at radius 3 is 2.39 bits per heavy atom. The fraction of sp³-hybridized carbons (Fsp3) is 0.571. The van der Waals surface area contributed by atoms with Gasteiger partial charge in [-0.3, -0.25) is 0 Å². The normalized spacial score (nSPS) is 12.8. The Hall–Kier alpha value is -0.383. The summed E-state index contributed by atoms with van der Waals surface area (Å²) >= 11 is 5.65. The van der Waals surface area contributed by atoms with Crippen molar-refractivity contribution in [3.05, 3.63) is 34.6 Å². The van der Waals surface area contributed by atoms with Crippen LogP contribution in [0.5, 0.6) is 0 Å². The summed E-state index contributed by atoms with van der Waals surface area (Å²) < 4.78 is 19.3. The van der Waals surface area contributed by atoms with Gasteiger partial charge in [0.25, 0.3) is 0 Å². The van der Waals surface area contributed by atoms with Gasteiger partial charge in [-0.1, -0.05) is 38.4 Å². The molecule has 1 aromatic carbocycles. The molecule has 0 aliphatic heterocycles. The molecule has 1 aromatic rings. The van der Waals surface area contributed by atoms with Gasteiger partial charge in [0.1, 0.15) is 5.82 Å². The first-order chi connectivity index (χ1) is 8.13. The molecule has 0 heterocycles. The van der Waals surface area contributed by atoms with E-state index in [1.807, 2.05) is 6.07 Å². The molecule has 0 aliphatic carbocycles. The molecular formula is C14H22ClFOSi. The van der Waals surface area contributed by atoms with Crippen molar-refractivity contribution in [2.24, 2.45) is 0 Å². The number of hydrogen-bond donors (Lipinski definition) is 0. The second-order valence-electron chi connectivity index (χ2n) is 6.11. The van der Waals surface area contributed by atoms with Crippen LogP contribution in [0.25, 0.3) is 0 Å². The molecule has 0 saturated carbocycles. The van der Waals surface area contributed by atoms with Crippen molar-refractivity contribution in [2.45, 2.75) is 45.3 Å². The third-order valence-electron chi connectivity index (χ3n) is 3.64. The Balaban J connectivity index is 2.54. The largest absolute Gasteiger partial charge is 0.416 e. The summed E-state index contributed by atoms with van der Waals surface area (Å²) in [6, 6.07) is 4.93. The molecule has 1 rings (SSSR count). The SMILES string of the molecule is CC(C)(C)[Si](C)(C)OCCc1ccc(Cl)c(F)c1. The third-order valence-corrected chi connectivity index (χ3v) is 8.49. The average molecular weight is 289 g/mol. The Bertz CT molecular complexity index is 413. The highest BCUT2D eigenvalue weighted by Crippen LogP contribution is 2.36. The second kappa shape index (κ2) is 5.72. The maximum Gasteiger partial charge on any atom is 0.191 e. The number of hydrogen-bond acceptors (Lipinski definition) is 1. The smallest absolute Gasteiger partial charge is 0.191 e. The van der Waals surface area contributed by atoms with Crippen molar-refractivity contribution in [1.82, 2.24) is 0 Å². The summed E-state index contributed by atoms with van der Waals surface area (Å²) in [6.45, 7) is 11.7. The zero-order valence-electron chi connectivity index (χ0n) is 11.8. The summed E-state index contributed by atoms with van der Waals surface area (Å²) in [5, 5.41) is 0.377. The third kappa shape index (κ3) is 4.07.